The Morgan fingerprint density at radius 2 is 2.32 bits per heavy atom. The van der Waals surface area contributed by atoms with Gasteiger partial charge in [0.1, 0.15) is 0 Å². The third-order valence-corrected chi connectivity index (χ3v) is 4.75. The Kier molecular flexibility index (Phi) is 5.48. The molecule has 0 radical (unpaired) electrons. The molecule has 19 heavy (non-hydrogen) atoms. The Hall–Kier alpha value is -0.780. The van der Waals surface area contributed by atoms with Crippen LogP contribution in [-0.4, -0.2) is 16.5 Å². The summed E-state index contributed by atoms with van der Waals surface area (Å²) in [4.78, 5) is 8.49. The summed E-state index contributed by atoms with van der Waals surface area (Å²) in [5.74, 6) is 0. The fourth-order valence-electron chi connectivity index (χ4n) is 1.76. The Morgan fingerprint density at radius 3 is 2.95 bits per heavy atom. The first-order valence-electron chi connectivity index (χ1n) is 6.40. The molecule has 0 aliphatic heterocycles. The van der Waals surface area contributed by atoms with E-state index < -0.39 is 0 Å². The maximum absolute atomic E-state index is 4.22. The highest BCUT2D eigenvalue weighted by Crippen LogP contribution is 2.33. The molecule has 0 spiro atoms. The Labute approximate surface area is 126 Å². The van der Waals surface area contributed by atoms with E-state index in [0.717, 1.165) is 22.6 Å². The molecule has 0 saturated heterocycles. The summed E-state index contributed by atoms with van der Waals surface area (Å²) in [6.07, 6.45) is 4.75. The smallest absolute Gasteiger partial charge is 0.170 e. The maximum Gasteiger partial charge on any atom is 0.170 e. The number of hydrogen-bond donors (Lipinski definition) is 2. The lowest BCUT2D eigenvalue weighted by atomic mass is 10.1. The van der Waals surface area contributed by atoms with Gasteiger partial charge < -0.3 is 10.3 Å². The molecule has 2 N–H and O–H groups in total. The van der Waals surface area contributed by atoms with Gasteiger partial charge in [-0.25, -0.2) is 4.98 Å². The Morgan fingerprint density at radius 1 is 1.47 bits per heavy atom. The average Bonchev–Trinajstić information content (AvgIpc) is 2.91. The van der Waals surface area contributed by atoms with Crippen molar-refractivity contribution in [3.63, 3.8) is 0 Å². The van der Waals surface area contributed by atoms with E-state index in [0.29, 0.717) is 6.04 Å². The second kappa shape index (κ2) is 7.12. The third kappa shape index (κ3) is 4.09. The molecule has 3 nitrogen and oxygen atoms in total. The molecule has 102 valence electrons. The van der Waals surface area contributed by atoms with Crippen LogP contribution in [0.4, 0.5) is 0 Å². The van der Waals surface area contributed by atoms with E-state index in [9.17, 15) is 0 Å². The molecule has 1 aromatic carbocycles. The zero-order valence-electron chi connectivity index (χ0n) is 11.1. The zero-order chi connectivity index (χ0) is 13.7. The van der Waals surface area contributed by atoms with Gasteiger partial charge >= 0.3 is 0 Å². The molecular weight excluding hydrogens is 322 g/mol. The number of nitrogens with one attached hydrogen (secondary N) is 2. The Bertz CT molecular complexity index is 513. The highest BCUT2D eigenvalue weighted by atomic mass is 79.9. The van der Waals surface area contributed by atoms with E-state index >= 15 is 0 Å². The van der Waals surface area contributed by atoms with Gasteiger partial charge in [-0.2, -0.15) is 0 Å². The van der Waals surface area contributed by atoms with Gasteiger partial charge in [0.15, 0.2) is 5.16 Å². The number of nitrogens with zero attached hydrogens (tertiary/aromatic N) is 1. The van der Waals surface area contributed by atoms with Crippen LogP contribution in [0.15, 0.2) is 45.1 Å². The first kappa shape index (κ1) is 14.6. The monoisotopic (exact) mass is 339 g/mol. The minimum atomic E-state index is 0.374. The van der Waals surface area contributed by atoms with Crippen LogP contribution in [0.1, 0.15) is 31.9 Å². The van der Waals surface area contributed by atoms with Gasteiger partial charge in [-0.1, -0.05) is 24.8 Å². The second-order valence-corrected chi connectivity index (χ2v) is 6.25. The second-order valence-electron chi connectivity index (χ2n) is 4.36. The van der Waals surface area contributed by atoms with Crippen LogP contribution in [0.5, 0.6) is 0 Å². The Balaban J connectivity index is 2.08. The predicted octanol–water partition coefficient (Wildman–Crippen LogP) is 4.38. The van der Waals surface area contributed by atoms with Gasteiger partial charge in [0, 0.05) is 27.8 Å². The predicted molar refractivity (Wildman–Crippen MR) is 83.6 cm³/mol. The minimum Gasteiger partial charge on any atom is -0.339 e. The summed E-state index contributed by atoms with van der Waals surface area (Å²) in [5.41, 5.74) is 1.30. The van der Waals surface area contributed by atoms with Crippen molar-refractivity contribution < 1.29 is 0 Å². The van der Waals surface area contributed by atoms with Gasteiger partial charge in [-0.15, -0.1) is 0 Å². The van der Waals surface area contributed by atoms with Crippen molar-refractivity contribution in [3.05, 3.63) is 40.6 Å². The SMILES string of the molecule is CCCNC(C)c1ccc(Sc2ncc[nH]2)c(Br)c1. The number of aromatic amines is 1. The highest BCUT2D eigenvalue weighted by Gasteiger charge is 2.09. The van der Waals surface area contributed by atoms with Gasteiger partial charge in [0.25, 0.3) is 0 Å². The molecule has 0 fully saturated rings. The summed E-state index contributed by atoms with van der Waals surface area (Å²) >= 11 is 5.26. The summed E-state index contributed by atoms with van der Waals surface area (Å²) in [7, 11) is 0. The van der Waals surface area contributed by atoms with E-state index in [-0.39, 0.29) is 0 Å². The molecule has 5 heteroatoms. The van der Waals surface area contributed by atoms with Crippen molar-refractivity contribution in [1.29, 1.82) is 0 Å². The molecule has 0 aliphatic rings. The van der Waals surface area contributed by atoms with Gasteiger partial charge in [0.2, 0.25) is 0 Å². The third-order valence-electron chi connectivity index (χ3n) is 2.84. The summed E-state index contributed by atoms with van der Waals surface area (Å²) < 4.78 is 1.11. The highest BCUT2D eigenvalue weighted by molar-refractivity contribution is 9.10. The number of H-pyrrole nitrogens is 1. The average molecular weight is 340 g/mol. The quantitative estimate of drug-likeness (QED) is 0.820. The largest absolute Gasteiger partial charge is 0.339 e. The number of halogens is 1. The van der Waals surface area contributed by atoms with E-state index in [1.807, 2.05) is 6.20 Å². The lowest BCUT2D eigenvalue weighted by Gasteiger charge is -2.15. The van der Waals surface area contributed by atoms with Crippen LogP contribution in [0.3, 0.4) is 0 Å². The van der Waals surface area contributed by atoms with Crippen LogP contribution >= 0.6 is 27.7 Å². The number of aromatic nitrogens is 2. The molecule has 0 saturated carbocycles. The molecule has 2 aromatic rings. The van der Waals surface area contributed by atoms with Gasteiger partial charge in [0.05, 0.1) is 0 Å². The topological polar surface area (TPSA) is 40.7 Å². The molecule has 1 atom stereocenters. The van der Waals surface area contributed by atoms with Crippen molar-refractivity contribution in [2.75, 3.05) is 6.54 Å². The van der Waals surface area contributed by atoms with Crippen molar-refractivity contribution in [2.24, 2.45) is 0 Å². The van der Waals surface area contributed by atoms with Crippen LogP contribution in [-0.2, 0) is 0 Å². The zero-order valence-corrected chi connectivity index (χ0v) is 13.5. The maximum atomic E-state index is 4.22. The molecule has 1 unspecified atom stereocenters. The van der Waals surface area contributed by atoms with Crippen LogP contribution < -0.4 is 5.32 Å². The summed E-state index contributed by atoms with van der Waals surface area (Å²) in [5, 5.41) is 4.40. The molecule has 0 aliphatic carbocycles. The molecule has 2 rings (SSSR count). The van der Waals surface area contributed by atoms with Crippen LogP contribution in [0, 0.1) is 0 Å². The number of hydrogen-bond acceptors (Lipinski definition) is 3. The lowest BCUT2D eigenvalue weighted by Crippen LogP contribution is -2.19. The van der Waals surface area contributed by atoms with E-state index in [1.54, 1.807) is 18.0 Å². The van der Waals surface area contributed by atoms with Crippen molar-refractivity contribution >= 4 is 27.7 Å². The van der Waals surface area contributed by atoms with Crippen molar-refractivity contribution in [2.45, 2.75) is 36.4 Å². The van der Waals surface area contributed by atoms with E-state index in [1.165, 1.54) is 10.5 Å². The molecule has 1 aromatic heterocycles. The van der Waals surface area contributed by atoms with Crippen LogP contribution in [0.2, 0.25) is 0 Å². The minimum absolute atomic E-state index is 0.374. The molecule has 0 bridgehead atoms. The molecule has 1 heterocycles. The first-order chi connectivity index (χ1) is 9.20. The lowest BCUT2D eigenvalue weighted by molar-refractivity contribution is 0.570. The van der Waals surface area contributed by atoms with Crippen LogP contribution in [0.25, 0.3) is 0 Å². The van der Waals surface area contributed by atoms with Crippen molar-refractivity contribution in [3.8, 4) is 0 Å². The number of rotatable bonds is 6. The number of benzene rings is 1. The summed E-state index contributed by atoms with van der Waals surface area (Å²) in [6.45, 7) is 5.41. The fraction of sp³-hybridized carbons (Fsp3) is 0.357. The molecular formula is C14H18BrN3S. The summed E-state index contributed by atoms with van der Waals surface area (Å²) in [6, 6.07) is 6.86. The standard InChI is InChI=1S/C14H18BrN3S/c1-3-6-16-10(2)11-4-5-13(12(15)9-11)19-14-17-7-8-18-14/h4-5,7-10,16H,3,6H2,1-2H3,(H,17,18). The van der Waals surface area contributed by atoms with E-state index in [4.69, 9.17) is 0 Å². The van der Waals surface area contributed by atoms with E-state index in [2.05, 4.69) is 63.3 Å². The van der Waals surface area contributed by atoms with Gasteiger partial charge in [-0.3, -0.25) is 0 Å². The fourth-order valence-corrected chi connectivity index (χ4v) is 3.14. The first-order valence-corrected chi connectivity index (χ1v) is 8.01. The number of imidazole rings is 1. The van der Waals surface area contributed by atoms with Gasteiger partial charge in [-0.05, 0) is 53.5 Å². The normalized spacial score (nSPS) is 12.6. The molecule has 0 amide bonds. The van der Waals surface area contributed by atoms with Crippen molar-refractivity contribution in [1.82, 2.24) is 15.3 Å².